The fraction of sp³-hybridized carbons (Fsp3) is 0. The molecule has 4 heterocycles. The van der Waals surface area contributed by atoms with Crippen LogP contribution in [0.4, 0.5) is 0 Å². The highest BCUT2D eigenvalue weighted by Gasteiger charge is 2.21. The minimum atomic E-state index is 0.667. The van der Waals surface area contributed by atoms with Crippen LogP contribution in [-0.2, 0) is 0 Å². The van der Waals surface area contributed by atoms with Crippen LogP contribution in [0.1, 0.15) is 0 Å². The average Bonchev–Trinajstić information content (AvgIpc) is 3.91. The Morgan fingerprint density at radius 2 is 0.900 bits per heavy atom. The molecule has 0 atom stereocenters. The number of pyridine rings is 1. The summed E-state index contributed by atoms with van der Waals surface area (Å²) in [6.07, 6.45) is 1.83. The van der Waals surface area contributed by atoms with Gasteiger partial charge in [0.2, 0.25) is 0 Å². The zero-order valence-electron chi connectivity index (χ0n) is 32.2. The van der Waals surface area contributed by atoms with Crippen molar-refractivity contribution < 1.29 is 8.83 Å². The Morgan fingerprint density at radius 1 is 0.333 bits per heavy atom. The molecule has 0 spiro atoms. The summed E-state index contributed by atoms with van der Waals surface area (Å²) in [6.45, 7) is 0. The van der Waals surface area contributed by atoms with Crippen molar-refractivity contribution in [1.29, 1.82) is 0 Å². The van der Waals surface area contributed by atoms with Crippen molar-refractivity contribution in [3.05, 3.63) is 200 Å². The molecule has 0 amide bonds. The van der Waals surface area contributed by atoms with Gasteiger partial charge >= 0.3 is 0 Å². The predicted octanol–water partition coefficient (Wildman–Crippen LogP) is 14.8. The van der Waals surface area contributed by atoms with Crippen molar-refractivity contribution in [2.24, 2.45) is 0 Å². The number of furan rings is 2. The van der Waals surface area contributed by atoms with Crippen LogP contribution in [0.5, 0.6) is 0 Å². The number of rotatable bonds is 6. The average molecular weight is 768 g/mol. The lowest BCUT2D eigenvalue weighted by atomic mass is 9.93. The summed E-state index contributed by atoms with van der Waals surface area (Å²) in [5.41, 5.74) is 15.5. The third kappa shape index (κ3) is 5.59. The standard InChI is InChI=1S/C55H33N3O2/c1-2-11-36(12-3-1)48-33-49(58-55(57-48)38-28-24-34(25-29-38)39-15-9-19-47-41(39)18-10-32-56-47)37-26-22-35(23-27-37)40-30-31-43(52-46-14-5-7-21-51(46)60-54(40)52)45-17-8-16-44-42-13-4-6-20-50(42)59-53(44)45/h1-33H. The van der Waals surface area contributed by atoms with Crippen molar-refractivity contribution in [1.82, 2.24) is 15.0 Å². The third-order valence-corrected chi connectivity index (χ3v) is 11.6. The first-order chi connectivity index (χ1) is 29.7. The molecule has 5 nitrogen and oxygen atoms in total. The molecule has 0 fully saturated rings. The summed E-state index contributed by atoms with van der Waals surface area (Å²) < 4.78 is 13.2. The topological polar surface area (TPSA) is 65.0 Å². The van der Waals surface area contributed by atoms with Gasteiger partial charge in [0.05, 0.1) is 16.9 Å². The second kappa shape index (κ2) is 13.8. The van der Waals surface area contributed by atoms with Gasteiger partial charge < -0.3 is 8.83 Å². The van der Waals surface area contributed by atoms with Crippen LogP contribution in [0.25, 0.3) is 122 Å². The van der Waals surface area contributed by atoms with Gasteiger partial charge in [0.15, 0.2) is 5.82 Å². The Labute approximate surface area is 344 Å². The molecule has 0 unspecified atom stereocenters. The molecular formula is C55H33N3O2. The van der Waals surface area contributed by atoms with Crippen molar-refractivity contribution in [2.45, 2.75) is 0 Å². The molecule has 0 aliphatic heterocycles. The monoisotopic (exact) mass is 767 g/mol. The summed E-state index contributed by atoms with van der Waals surface area (Å²) in [4.78, 5) is 14.8. The highest BCUT2D eigenvalue weighted by molar-refractivity contribution is 6.19. The first-order valence-electron chi connectivity index (χ1n) is 20.1. The van der Waals surface area contributed by atoms with E-state index < -0.39 is 0 Å². The Balaban J connectivity index is 0.952. The lowest BCUT2D eigenvalue weighted by Crippen LogP contribution is -1.96. The fourth-order valence-corrected chi connectivity index (χ4v) is 8.69. The van der Waals surface area contributed by atoms with E-state index in [2.05, 4.69) is 145 Å². The minimum absolute atomic E-state index is 0.667. The molecule has 0 saturated heterocycles. The Morgan fingerprint density at radius 3 is 1.70 bits per heavy atom. The number of aromatic nitrogens is 3. The van der Waals surface area contributed by atoms with E-state index in [-0.39, 0.29) is 0 Å². The Kier molecular flexibility index (Phi) is 7.78. The van der Waals surface area contributed by atoms with Gasteiger partial charge in [-0.15, -0.1) is 0 Å². The molecule has 0 bridgehead atoms. The molecule has 12 rings (SSSR count). The fourth-order valence-electron chi connectivity index (χ4n) is 8.69. The van der Waals surface area contributed by atoms with Crippen LogP contribution in [0, 0.1) is 0 Å². The number of para-hydroxylation sites is 3. The van der Waals surface area contributed by atoms with Crippen LogP contribution in [0.15, 0.2) is 209 Å². The lowest BCUT2D eigenvalue weighted by molar-refractivity contribution is 0.669. The molecule has 12 aromatic rings. The lowest BCUT2D eigenvalue weighted by Gasteiger charge is -2.12. The number of nitrogens with zero attached hydrogens (tertiary/aromatic N) is 3. The van der Waals surface area contributed by atoms with Crippen molar-refractivity contribution in [3.8, 4) is 67.3 Å². The molecule has 0 N–H and O–H groups in total. The van der Waals surface area contributed by atoms with Gasteiger partial charge in [0.25, 0.3) is 0 Å². The zero-order chi connectivity index (χ0) is 39.6. The molecule has 0 radical (unpaired) electrons. The van der Waals surface area contributed by atoms with Crippen molar-refractivity contribution in [2.75, 3.05) is 0 Å². The highest BCUT2D eigenvalue weighted by Crippen LogP contribution is 2.45. The smallest absolute Gasteiger partial charge is 0.160 e. The largest absolute Gasteiger partial charge is 0.455 e. The van der Waals surface area contributed by atoms with E-state index in [9.17, 15) is 0 Å². The second-order valence-corrected chi connectivity index (χ2v) is 15.1. The molecule has 0 aliphatic rings. The number of hydrogen-bond acceptors (Lipinski definition) is 5. The third-order valence-electron chi connectivity index (χ3n) is 11.6. The van der Waals surface area contributed by atoms with E-state index >= 15 is 0 Å². The number of fused-ring (bicyclic) bond motifs is 7. The molecular weight excluding hydrogens is 735 g/mol. The first-order valence-corrected chi connectivity index (χ1v) is 20.1. The van der Waals surface area contributed by atoms with Crippen molar-refractivity contribution in [3.63, 3.8) is 0 Å². The Hall–Kier alpha value is -8.15. The summed E-state index contributed by atoms with van der Waals surface area (Å²) in [7, 11) is 0. The molecule has 0 aliphatic carbocycles. The van der Waals surface area contributed by atoms with E-state index in [1.54, 1.807) is 0 Å². The van der Waals surface area contributed by atoms with Gasteiger partial charge in [-0.2, -0.15) is 0 Å². The maximum absolute atomic E-state index is 6.72. The van der Waals surface area contributed by atoms with E-state index in [1.807, 2.05) is 60.8 Å². The molecule has 4 aromatic heterocycles. The van der Waals surface area contributed by atoms with E-state index in [0.29, 0.717) is 5.82 Å². The van der Waals surface area contributed by atoms with Gasteiger partial charge in [-0.25, -0.2) is 9.97 Å². The molecule has 0 saturated carbocycles. The SMILES string of the molecule is c1ccc(-c2cc(-c3ccc(-c4ccc(-c5cccc6c5oc5ccccc56)c5c4oc4ccccc45)cc3)nc(-c3ccc(-c4cccc5ncccc45)cc3)n2)cc1. The van der Waals surface area contributed by atoms with Crippen LogP contribution in [-0.4, -0.2) is 15.0 Å². The maximum atomic E-state index is 6.72. The quantitative estimate of drug-likeness (QED) is 0.169. The van der Waals surface area contributed by atoms with Crippen LogP contribution >= 0.6 is 0 Å². The number of benzene rings is 8. The molecule has 5 heteroatoms. The molecule has 280 valence electrons. The number of hydrogen-bond donors (Lipinski definition) is 0. The molecule has 8 aromatic carbocycles. The van der Waals surface area contributed by atoms with Gasteiger partial charge in [0, 0.05) is 60.9 Å². The van der Waals surface area contributed by atoms with Crippen LogP contribution in [0.2, 0.25) is 0 Å². The second-order valence-electron chi connectivity index (χ2n) is 15.1. The van der Waals surface area contributed by atoms with Gasteiger partial charge in [-0.05, 0) is 58.7 Å². The maximum Gasteiger partial charge on any atom is 0.160 e. The van der Waals surface area contributed by atoms with E-state index in [4.69, 9.17) is 18.8 Å². The summed E-state index contributed by atoms with van der Waals surface area (Å²) in [5.74, 6) is 0.667. The van der Waals surface area contributed by atoms with Gasteiger partial charge in [-0.1, -0.05) is 158 Å². The first kappa shape index (κ1) is 33.9. The van der Waals surface area contributed by atoms with Crippen molar-refractivity contribution >= 4 is 54.8 Å². The van der Waals surface area contributed by atoms with Gasteiger partial charge in [-0.3, -0.25) is 4.98 Å². The zero-order valence-corrected chi connectivity index (χ0v) is 32.2. The summed E-state index contributed by atoms with van der Waals surface area (Å²) in [5, 5.41) is 5.47. The molecule has 60 heavy (non-hydrogen) atoms. The van der Waals surface area contributed by atoms with Crippen LogP contribution < -0.4 is 0 Å². The van der Waals surface area contributed by atoms with E-state index in [0.717, 1.165) is 116 Å². The summed E-state index contributed by atoms with van der Waals surface area (Å²) >= 11 is 0. The Bertz CT molecular complexity index is 3580. The highest BCUT2D eigenvalue weighted by atomic mass is 16.3. The predicted molar refractivity (Wildman–Crippen MR) is 245 cm³/mol. The minimum Gasteiger partial charge on any atom is -0.455 e. The van der Waals surface area contributed by atoms with Crippen LogP contribution in [0.3, 0.4) is 0 Å². The van der Waals surface area contributed by atoms with Gasteiger partial charge in [0.1, 0.15) is 22.3 Å². The summed E-state index contributed by atoms with van der Waals surface area (Å²) in [6, 6.07) is 67.1. The normalized spacial score (nSPS) is 11.7. The van der Waals surface area contributed by atoms with E-state index in [1.165, 1.54) is 0 Å².